The number of oxime groups is 1. The van der Waals surface area contributed by atoms with Crippen LogP contribution in [0.2, 0.25) is 0 Å². The molecule has 0 radical (unpaired) electrons. The van der Waals surface area contributed by atoms with Crippen molar-refractivity contribution >= 4 is 5.71 Å². The minimum absolute atomic E-state index is 0.134. The molecule has 0 amide bonds. The third-order valence-corrected chi connectivity index (χ3v) is 5.47. The molecule has 0 N–H and O–H groups in total. The van der Waals surface area contributed by atoms with E-state index in [1.54, 1.807) is 7.05 Å². The first kappa shape index (κ1) is 21.4. The smallest absolute Gasteiger partial charge is 0.368 e. The lowest BCUT2D eigenvalue weighted by Gasteiger charge is -2.16. The highest BCUT2D eigenvalue weighted by molar-refractivity contribution is 5.98. The third kappa shape index (κ3) is 4.42. The van der Waals surface area contributed by atoms with Crippen molar-refractivity contribution in [2.24, 2.45) is 12.2 Å². The van der Waals surface area contributed by atoms with Crippen LogP contribution in [0.4, 0.5) is 0 Å². The lowest BCUT2D eigenvalue weighted by atomic mass is 10.0. The number of rotatable bonds is 8. The maximum atomic E-state index is 12.5. The monoisotopic (exact) mass is 431 g/mol. The van der Waals surface area contributed by atoms with Gasteiger partial charge in [0, 0.05) is 12.6 Å². The molecule has 0 saturated heterocycles. The zero-order chi connectivity index (χ0) is 22.7. The Labute approximate surface area is 186 Å². The van der Waals surface area contributed by atoms with Gasteiger partial charge in [-0.25, -0.2) is 4.79 Å². The molecule has 0 aliphatic heterocycles. The molecule has 8 nitrogen and oxygen atoms in total. The van der Waals surface area contributed by atoms with Gasteiger partial charge in [0.15, 0.2) is 6.61 Å². The first-order chi connectivity index (χ1) is 15.5. The van der Waals surface area contributed by atoms with Crippen LogP contribution in [0.3, 0.4) is 0 Å². The van der Waals surface area contributed by atoms with Crippen LogP contribution < -0.4 is 10.4 Å². The van der Waals surface area contributed by atoms with Gasteiger partial charge in [0.1, 0.15) is 12.4 Å². The van der Waals surface area contributed by atoms with Crippen LogP contribution in [0, 0.1) is 19.3 Å². The van der Waals surface area contributed by atoms with Crippen LogP contribution in [0.15, 0.2) is 46.3 Å². The summed E-state index contributed by atoms with van der Waals surface area (Å²) in [6.45, 7) is 4.30. The fraction of sp³-hybridized carbons (Fsp3) is 0.333. The molecule has 4 rings (SSSR count). The summed E-state index contributed by atoms with van der Waals surface area (Å²) in [4.78, 5) is 17.5. The first-order valence-corrected chi connectivity index (χ1v) is 10.4. The average Bonchev–Trinajstić information content (AvgIpc) is 3.58. The number of tetrazole rings is 1. The van der Waals surface area contributed by atoms with Gasteiger partial charge in [-0.3, -0.25) is 0 Å². The van der Waals surface area contributed by atoms with Gasteiger partial charge in [0.2, 0.25) is 0 Å². The number of hydrogen-bond donors (Lipinski definition) is 0. The summed E-state index contributed by atoms with van der Waals surface area (Å²) in [5.74, 6) is 3.64. The fourth-order valence-electron chi connectivity index (χ4n) is 3.59. The fourth-order valence-corrected chi connectivity index (χ4v) is 3.59. The predicted molar refractivity (Wildman–Crippen MR) is 121 cm³/mol. The quantitative estimate of drug-likeness (QED) is 0.237. The molecule has 1 aliphatic rings. The molecule has 2 aromatic carbocycles. The van der Waals surface area contributed by atoms with Gasteiger partial charge in [-0.15, -0.1) is 6.42 Å². The maximum absolute atomic E-state index is 12.5. The van der Waals surface area contributed by atoms with Crippen molar-refractivity contribution in [1.29, 1.82) is 0 Å². The van der Waals surface area contributed by atoms with E-state index < -0.39 is 0 Å². The highest BCUT2D eigenvalue weighted by Gasteiger charge is 2.28. The van der Waals surface area contributed by atoms with E-state index in [1.165, 1.54) is 14.9 Å². The number of benzene rings is 2. The van der Waals surface area contributed by atoms with Crippen molar-refractivity contribution in [1.82, 2.24) is 19.8 Å². The van der Waals surface area contributed by atoms with Crippen molar-refractivity contribution in [3.05, 3.63) is 69.1 Å². The molecule has 0 spiro atoms. The molecule has 1 fully saturated rings. The Morgan fingerprint density at radius 3 is 2.75 bits per heavy atom. The molecule has 1 aliphatic carbocycles. The zero-order valence-corrected chi connectivity index (χ0v) is 18.4. The van der Waals surface area contributed by atoms with Crippen LogP contribution in [0.5, 0.6) is 5.75 Å². The van der Waals surface area contributed by atoms with Crippen LogP contribution in [-0.4, -0.2) is 32.1 Å². The maximum Gasteiger partial charge on any atom is 0.368 e. The minimum Gasteiger partial charge on any atom is -0.489 e. The average molecular weight is 431 g/mol. The van der Waals surface area contributed by atoms with E-state index in [4.69, 9.17) is 16.0 Å². The van der Waals surface area contributed by atoms with E-state index >= 15 is 0 Å². The number of terminal acetylenes is 1. The van der Waals surface area contributed by atoms with Crippen molar-refractivity contribution in [3.63, 3.8) is 0 Å². The normalized spacial score (nSPS) is 13.6. The number of aryl methyl sites for hydroxylation is 2. The Hall–Kier alpha value is -3.86. The molecule has 0 unspecified atom stereocenters. The molecular weight excluding hydrogens is 406 g/mol. The van der Waals surface area contributed by atoms with Crippen LogP contribution in [0.25, 0.3) is 5.69 Å². The summed E-state index contributed by atoms with van der Waals surface area (Å²) in [6.07, 6.45) is 7.46. The molecule has 8 heteroatoms. The van der Waals surface area contributed by atoms with Crippen LogP contribution in [-0.2, 0) is 18.5 Å². The Kier molecular flexibility index (Phi) is 6.08. The Bertz CT molecular complexity index is 1260. The topological polar surface area (TPSA) is 83.5 Å². The Balaban J connectivity index is 1.60. The van der Waals surface area contributed by atoms with Crippen molar-refractivity contribution in [2.45, 2.75) is 39.2 Å². The van der Waals surface area contributed by atoms with Gasteiger partial charge in [-0.2, -0.15) is 9.36 Å². The van der Waals surface area contributed by atoms with Crippen LogP contribution in [0.1, 0.15) is 47.9 Å². The molecule has 0 bridgehead atoms. The number of hydrogen-bond acceptors (Lipinski definition) is 6. The molecule has 1 aromatic heterocycles. The molecular formula is C24H25N5O3. The van der Waals surface area contributed by atoms with Gasteiger partial charge < -0.3 is 9.57 Å². The SMILES string of the molecule is C#CCO/N=C(\C)c1ccc(OCc2c(C3CC3)cccc2-n2nnn(C)c2=O)c(C)c1. The van der Waals surface area contributed by atoms with E-state index in [0.29, 0.717) is 18.2 Å². The molecule has 0 atom stereocenters. The van der Waals surface area contributed by atoms with E-state index in [1.807, 2.05) is 44.2 Å². The van der Waals surface area contributed by atoms with Gasteiger partial charge in [-0.1, -0.05) is 23.2 Å². The molecule has 1 saturated carbocycles. The first-order valence-electron chi connectivity index (χ1n) is 10.4. The van der Waals surface area contributed by atoms with Crippen LogP contribution >= 0.6 is 0 Å². The van der Waals surface area contributed by atoms with E-state index in [-0.39, 0.29) is 12.3 Å². The highest BCUT2D eigenvalue weighted by Crippen LogP contribution is 2.43. The summed E-state index contributed by atoms with van der Waals surface area (Å²) in [5.41, 5.74) is 5.20. The molecule has 3 aromatic rings. The van der Waals surface area contributed by atoms with Gasteiger partial charge in [0.05, 0.1) is 11.4 Å². The van der Waals surface area contributed by atoms with E-state index in [9.17, 15) is 4.79 Å². The zero-order valence-electron chi connectivity index (χ0n) is 18.4. The number of ether oxygens (including phenoxy) is 1. The Morgan fingerprint density at radius 1 is 1.28 bits per heavy atom. The molecule has 164 valence electrons. The number of nitrogens with zero attached hydrogens (tertiary/aromatic N) is 5. The number of aromatic nitrogens is 4. The standard InChI is InChI=1S/C24H25N5O3/c1-5-13-32-25-17(3)19-11-12-23(16(2)14-19)31-15-21-20(18-9-10-18)7-6-8-22(21)29-24(30)28(4)26-27-29/h1,6-8,11-12,14,18H,9-10,13,15H2,2-4H3/b25-17+. The second-order valence-corrected chi connectivity index (χ2v) is 7.84. The molecule has 32 heavy (non-hydrogen) atoms. The van der Waals surface area contributed by atoms with Crippen molar-refractivity contribution in [3.8, 4) is 23.8 Å². The second-order valence-electron chi connectivity index (χ2n) is 7.84. The summed E-state index contributed by atoms with van der Waals surface area (Å²) in [7, 11) is 1.58. The lowest BCUT2D eigenvalue weighted by Crippen LogP contribution is -2.23. The Morgan fingerprint density at radius 2 is 2.09 bits per heavy atom. The third-order valence-electron chi connectivity index (χ3n) is 5.47. The van der Waals surface area contributed by atoms with E-state index in [2.05, 4.69) is 27.6 Å². The van der Waals surface area contributed by atoms with Gasteiger partial charge >= 0.3 is 5.69 Å². The van der Waals surface area contributed by atoms with Crippen molar-refractivity contribution in [2.75, 3.05) is 6.61 Å². The lowest BCUT2D eigenvalue weighted by molar-refractivity contribution is 0.180. The van der Waals surface area contributed by atoms with Gasteiger partial charge in [-0.05, 0) is 84.0 Å². The highest BCUT2D eigenvalue weighted by atomic mass is 16.6. The van der Waals surface area contributed by atoms with E-state index in [0.717, 1.165) is 41.0 Å². The largest absolute Gasteiger partial charge is 0.489 e. The molecule has 1 heterocycles. The second kappa shape index (κ2) is 9.10. The summed E-state index contributed by atoms with van der Waals surface area (Å²) in [6, 6.07) is 11.8. The minimum atomic E-state index is -0.290. The van der Waals surface area contributed by atoms with Crippen molar-refractivity contribution < 1.29 is 9.57 Å². The summed E-state index contributed by atoms with van der Waals surface area (Å²) < 4.78 is 8.76. The summed E-state index contributed by atoms with van der Waals surface area (Å²) >= 11 is 0. The van der Waals surface area contributed by atoms with Gasteiger partial charge in [0.25, 0.3) is 0 Å². The summed E-state index contributed by atoms with van der Waals surface area (Å²) in [5, 5.41) is 11.9. The predicted octanol–water partition coefficient (Wildman–Crippen LogP) is 3.10.